The second kappa shape index (κ2) is 5.59. The van der Waals surface area contributed by atoms with Gasteiger partial charge in [0.25, 0.3) is 0 Å². The zero-order chi connectivity index (χ0) is 13.2. The van der Waals surface area contributed by atoms with Crippen LogP contribution in [-0.2, 0) is 11.2 Å². The van der Waals surface area contributed by atoms with E-state index in [-0.39, 0.29) is 5.82 Å². The van der Waals surface area contributed by atoms with Crippen molar-refractivity contribution in [3.63, 3.8) is 0 Å². The molecule has 0 aliphatic carbocycles. The summed E-state index contributed by atoms with van der Waals surface area (Å²) in [4.78, 5) is 7.67. The van der Waals surface area contributed by atoms with Gasteiger partial charge < -0.3 is 9.72 Å². The highest BCUT2D eigenvalue weighted by molar-refractivity contribution is 9.10. The molecule has 0 saturated carbocycles. The number of H-pyrrole nitrogens is 1. The van der Waals surface area contributed by atoms with E-state index in [2.05, 4.69) is 25.9 Å². The van der Waals surface area contributed by atoms with E-state index in [1.165, 1.54) is 18.9 Å². The van der Waals surface area contributed by atoms with Crippen molar-refractivity contribution in [1.82, 2.24) is 9.97 Å². The second-order valence-electron chi connectivity index (χ2n) is 4.99. The van der Waals surface area contributed by atoms with Crippen molar-refractivity contribution in [2.75, 3.05) is 6.61 Å². The van der Waals surface area contributed by atoms with Crippen LogP contribution < -0.4 is 0 Å². The lowest BCUT2D eigenvalue weighted by atomic mass is 10.0. The molecule has 1 atom stereocenters. The van der Waals surface area contributed by atoms with Crippen LogP contribution in [0.25, 0.3) is 11.0 Å². The second-order valence-corrected chi connectivity index (χ2v) is 5.85. The summed E-state index contributed by atoms with van der Waals surface area (Å²) in [7, 11) is 0. The van der Waals surface area contributed by atoms with Crippen LogP contribution in [-0.4, -0.2) is 22.7 Å². The molecular formula is C14H16BrFN2O. The molecule has 1 aliphatic heterocycles. The van der Waals surface area contributed by atoms with Gasteiger partial charge in [-0.25, -0.2) is 9.37 Å². The number of ether oxygens (including phenoxy) is 1. The largest absolute Gasteiger partial charge is 0.378 e. The van der Waals surface area contributed by atoms with Gasteiger partial charge >= 0.3 is 0 Å². The summed E-state index contributed by atoms with van der Waals surface area (Å²) in [5, 5.41) is 0. The summed E-state index contributed by atoms with van der Waals surface area (Å²) in [5.74, 6) is 0.639. The third kappa shape index (κ3) is 2.98. The molecule has 1 N–H and O–H groups in total. The van der Waals surface area contributed by atoms with E-state index < -0.39 is 0 Å². The average Bonchev–Trinajstić information content (AvgIpc) is 2.80. The van der Waals surface area contributed by atoms with Crippen LogP contribution in [0.4, 0.5) is 4.39 Å². The molecule has 2 aromatic rings. The van der Waals surface area contributed by atoms with E-state index >= 15 is 0 Å². The van der Waals surface area contributed by atoms with Crippen molar-refractivity contribution < 1.29 is 9.13 Å². The Bertz CT molecular complexity index is 539. The summed E-state index contributed by atoms with van der Waals surface area (Å²) in [6.07, 6.45) is 5.74. The maximum Gasteiger partial charge on any atom is 0.139 e. The molecule has 0 amide bonds. The zero-order valence-corrected chi connectivity index (χ0v) is 12.2. The first-order chi connectivity index (χ1) is 9.22. The van der Waals surface area contributed by atoms with Gasteiger partial charge in [0, 0.05) is 19.1 Å². The quantitative estimate of drug-likeness (QED) is 0.926. The van der Waals surface area contributed by atoms with Gasteiger partial charge in [-0.3, -0.25) is 0 Å². The van der Waals surface area contributed by atoms with Crippen LogP contribution >= 0.6 is 15.9 Å². The highest BCUT2D eigenvalue weighted by Gasteiger charge is 2.15. The monoisotopic (exact) mass is 326 g/mol. The number of benzene rings is 1. The van der Waals surface area contributed by atoms with Crippen molar-refractivity contribution in [3.8, 4) is 0 Å². The van der Waals surface area contributed by atoms with E-state index in [4.69, 9.17) is 4.74 Å². The molecule has 0 radical (unpaired) electrons. The fraction of sp³-hybridized carbons (Fsp3) is 0.500. The highest BCUT2D eigenvalue weighted by Crippen LogP contribution is 2.23. The number of aryl methyl sites for hydroxylation is 1. The molecule has 1 aromatic heterocycles. The summed E-state index contributed by atoms with van der Waals surface area (Å²) in [6, 6.07) is 3.19. The van der Waals surface area contributed by atoms with Crippen molar-refractivity contribution >= 4 is 27.0 Å². The van der Waals surface area contributed by atoms with Crippen LogP contribution in [0.3, 0.4) is 0 Å². The van der Waals surface area contributed by atoms with Crippen LogP contribution in [0.5, 0.6) is 0 Å². The normalized spacial score (nSPS) is 20.0. The number of rotatable bonds is 3. The van der Waals surface area contributed by atoms with Gasteiger partial charge in [-0.1, -0.05) is 0 Å². The van der Waals surface area contributed by atoms with Gasteiger partial charge in [-0.05, 0) is 47.7 Å². The minimum atomic E-state index is -0.265. The molecule has 1 aromatic carbocycles. The van der Waals surface area contributed by atoms with Gasteiger partial charge in [0.2, 0.25) is 0 Å². The lowest BCUT2D eigenvalue weighted by Crippen LogP contribution is -2.19. The molecule has 19 heavy (non-hydrogen) atoms. The number of fused-ring (bicyclic) bond motifs is 1. The first kappa shape index (κ1) is 13.1. The predicted molar refractivity (Wildman–Crippen MR) is 75.7 cm³/mol. The van der Waals surface area contributed by atoms with Gasteiger partial charge in [0.1, 0.15) is 11.6 Å². The smallest absolute Gasteiger partial charge is 0.139 e. The lowest BCUT2D eigenvalue weighted by Gasteiger charge is -2.21. The summed E-state index contributed by atoms with van der Waals surface area (Å²) in [5.41, 5.74) is 1.55. The number of imidazole rings is 1. The topological polar surface area (TPSA) is 37.9 Å². The van der Waals surface area contributed by atoms with Crippen molar-refractivity contribution in [2.45, 2.75) is 38.2 Å². The average molecular weight is 327 g/mol. The van der Waals surface area contributed by atoms with Gasteiger partial charge in [-0.2, -0.15) is 0 Å². The van der Waals surface area contributed by atoms with E-state index in [9.17, 15) is 4.39 Å². The third-order valence-electron chi connectivity index (χ3n) is 3.55. The fourth-order valence-electron chi connectivity index (χ4n) is 2.51. The van der Waals surface area contributed by atoms with E-state index in [0.29, 0.717) is 10.6 Å². The molecule has 0 bridgehead atoms. The standard InChI is InChI=1S/C14H16BrFN2O/c15-10-7-12-13(8-11(10)16)18-14(17-12)5-4-9-3-1-2-6-19-9/h7-9H,1-6H2,(H,17,18). The Labute approximate surface area is 119 Å². The molecule has 1 fully saturated rings. The van der Waals surface area contributed by atoms with Gasteiger partial charge in [-0.15, -0.1) is 0 Å². The molecule has 0 spiro atoms. The van der Waals surface area contributed by atoms with E-state index in [1.54, 1.807) is 6.07 Å². The van der Waals surface area contributed by atoms with Crippen molar-refractivity contribution in [2.24, 2.45) is 0 Å². The third-order valence-corrected chi connectivity index (χ3v) is 4.16. The van der Waals surface area contributed by atoms with Crippen LogP contribution in [0.2, 0.25) is 0 Å². The van der Waals surface area contributed by atoms with Crippen molar-refractivity contribution in [3.05, 3.63) is 28.2 Å². The fourth-order valence-corrected chi connectivity index (χ4v) is 2.84. The molecule has 1 saturated heterocycles. The van der Waals surface area contributed by atoms with Crippen LogP contribution in [0.1, 0.15) is 31.5 Å². The molecule has 5 heteroatoms. The predicted octanol–water partition coefficient (Wildman–Crippen LogP) is 3.97. The number of hydrogen-bond acceptors (Lipinski definition) is 2. The summed E-state index contributed by atoms with van der Waals surface area (Å²) in [6.45, 7) is 0.878. The van der Waals surface area contributed by atoms with Crippen molar-refractivity contribution in [1.29, 1.82) is 0 Å². The number of halogens is 2. The molecule has 3 rings (SSSR count). The highest BCUT2D eigenvalue weighted by atomic mass is 79.9. The Balaban J connectivity index is 1.70. The number of aromatic amines is 1. The number of hydrogen-bond donors (Lipinski definition) is 1. The van der Waals surface area contributed by atoms with E-state index in [0.717, 1.165) is 42.7 Å². The minimum Gasteiger partial charge on any atom is -0.378 e. The van der Waals surface area contributed by atoms with Gasteiger partial charge in [0.05, 0.1) is 21.6 Å². The number of nitrogens with zero attached hydrogens (tertiary/aromatic N) is 1. The van der Waals surface area contributed by atoms with Crippen LogP contribution in [0.15, 0.2) is 16.6 Å². The Morgan fingerprint density at radius 2 is 2.32 bits per heavy atom. The molecule has 3 nitrogen and oxygen atoms in total. The SMILES string of the molecule is Fc1cc2[nH]c(CCC3CCCCO3)nc2cc1Br. The Morgan fingerprint density at radius 1 is 1.42 bits per heavy atom. The zero-order valence-electron chi connectivity index (χ0n) is 10.6. The summed E-state index contributed by atoms with van der Waals surface area (Å²) >= 11 is 3.18. The number of nitrogens with one attached hydrogen (secondary N) is 1. The van der Waals surface area contributed by atoms with Crippen LogP contribution in [0, 0.1) is 5.82 Å². The lowest BCUT2D eigenvalue weighted by molar-refractivity contribution is 0.0112. The first-order valence-electron chi connectivity index (χ1n) is 6.67. The Hall–Kier alpha value is -0.940. The maximum absolute atomic E-state index is 13.4. The summed E-state index contributed by atoms with van der Waals surface area (Å²) < 4.78 is 19.6. The molecule has 1 unspecified atom stereocenters. The van der Waals surface area contributed by atoms with E-state index in [1.807, 2.05) is 0 Å². The minimum absolute atomic E-state index is 0.265. The Morgan fingerprint density at radius 3 is 3.11 bits per heavy atom. The first-order valence-corrected chi connectivity index (χ1v) is 7.47. The molecule has 2 heterocycles. The maximum atomic E-state index is 13.4. The Kier molecular flexibility index (Phi) is 3.84. The van der Waals surface area contributed by atoms with Gasteiger partial charge in [0.15, 0.2) is 0 Å². The molecular weight excluding hydrogens is 311 g/mol. The number of aromatic nitrogens is 2. The molecule has 102 valence electrons. The molecule has 1 aliphatic rings.